The maximum absolute atomic E-state index is 17.6. The zero-order valence-corrected chi connectivity index (χ0v) is 42.6. The molecule has 4 nitrogen and oxygen atoms in total. The number of hydrogen-bond acceptors (Lipinski definition) is 4. The van der Waals surface area contributed by atoms with Gasteiger partial charge in [-0.1, -0.05) is 180 Å². The monoisotopic (exact) mass is 971 g/mol. The van der Waals surface area contributed by atoms with E-state index in [1.165, 1.54) is 32.8 Å². The van der Waals surface area contributed by atoms with Gasteiger partial charge in [-0.05, 0) is 162 Å². The minimum Gasteiger partial charge on any atom is -0.310 e. The maximum atomic E-state index is 17.6. The first-order chi connectivity index (χ1) is 36.2. The van der Waals surface area contributed by atoms with Crippen LogP contribution in [0.3, 0.4) is 0 Å². The lowest BCUT2D eigenvalue weighted by atomic mass is 10.1. The molecule has 12 aromatic rings. The molecule has 356 valence electrons. The van der Waals surface area contributed by atoms with Crippen molar-refractivity contribution >= 4 is 107 Å². The molecule has 0 saturated heterocycles. The molecule has 0 aliphatic rings. The van der Waals surface area contributed by atoms with Crippen LogP contribution in [0.1, 0.15) is 16.7 Å². The van der Waals surface area contributed by atoms with Gasteiger partial charge in [0.25, 0.3) is 0 Å². The topological polar surface area (TPSA) is 26.8 Å². The van der Waals surface area contributed by atoms with Crippen LogP contribution >= 0.6 is 7.14 Å². The van der Waals surface area contributed by atoms with Crippen LogP contribution in [0.2, 0.25) is 0 Å². The minimum atomic E-state index is -3.75. The van der Waals surface area contributed by atoms with Crippen LogP contribution in [0, 0.1) is 20.8 Å². The Morgan fingerprint density at radius 2 is 0.473 bits per heavy atom. The second kappa shape index (κ2) is 19.6. The molecule has 0 atom stereocenters. The first-order valence-corrected chi connectivity index (χ1v) is 26.9. The summed E-state index contributed by atoms with van der Waals surface area (Å²) < 4.78 is 17.6. The molecule has 0 N–H and O–H groups in total. The van der Waals surface area contributed by atoms with Crippen LogP contribution in [0.15, 0.2) is 273 Å². The van der Waals surface area contributed by atoms with E-state index in [0.29, 0.717) is 0 Å². The third kappa shape index (κ3) is 8.91. The number of fused-ring (bicyclic) bond motifs is 3. The number of aryl methyl sites for hydroxylation is 3. The Morgan fingerprint density at radius 1 is 0.230 bits per heavy atom. The zero-order valence-electron chi connectivity index (χ0n) is 41.7. The number of anilines is 9. The molecule has 0 bridgehead atoms. The van der Waals surface area contributed by atoms with Crippen molar-refractivity contribution < 1.29 is 4.57 Å². The van der Waals surface area contributed by atoms with Crippen LogP contribution < -0.4 is 30.6 Å². The smallest absolute Gasteiger partial charge is 0.171 e. The van der Waals surface area contributed by atoms with Crippen LogP contribution in [-0.2, 0) is 4.57 Å². The Labute approximate surface area is 434 Å². The molecule has 0 radical (unpaired) electrons. The summed E-state index contributed by atoms with van der Waals surface area (Å²) in [6.45, 7) is 6.34. The molecule has 74 heavy (non-hydrogen) atoms. The average Bonchev–Trinajstić information content (AvgIpc) is 3.45. The SMILES string of the molecule is Cc1ccc(N(c2cccc(P(=O)(c3cccc(N(c4ccc(C)cc4)c4ccc5ccccc5c4)c3)c3cccc(N(c4ccc(C)cc4)c4ccc5ccccc5c4)c3)c2)c2ccc3ccccc3c2)cc1. The highest BCUT2D eigenvalue weighted by Crippen LogP contribution is 2.48. The minimum absolute atomic E-state index is 0.724. The first-order valence-electron chi connectivity index (χ1n) is 25.2. The fourth-order valence-electron chi connectivity index (χ4n) is 10.3. The van der Waals surface area contributed by atoms with Crippen molar-refractivity contribution in [2.75, 3.05) is 14.7 Å². The zero-order chi connectivity index (χ0) is 50.2. The van der Waals surface area contributed by atoms with Crippen molar-refractivity contribution in [1.29, 1.82) is 0 Å². The summed E-state index contributed by atoms with van der Waals surface area (Å²) in [5, 5.41) is 9.12. The van der Waals surface area contributed by atoms with E-state index in [-0.39, 0.29) is 0 Å². The maximum Gasteiger partial charge on any atom is 0.171 e. The van der Waals surface area contributed by atoms with Crippen molar-refractivity contribution in [3.8, 4) is 0 Å². The fraction of sp³-hybridized carbons (Fsp3) is 0.0435. The molecule has 0 aromatic heterocycles. The normalized spacial score (nSPS) is 11.5. The number of rotatable bonds is 12. The van der Waals surface area contributed by atoms with Crippen LogP contribution in [0.5, 0.6) is 0 Å². The van der Waals surface area contributed by atoms with E-state index < -0.39 is 7.14 Å². The van der Waals surface area contributed by atoms with Gasteiger partial charge in [0.1, 0.15) is 0 Å². The molecule has 12 aromatic carbocycles. The van der Waals surface area contributed by atoms with Gasteiger partial charge in [-0.25, -0.2) is 0 Å². The van der Waals surface area contributed by atoms with E-state index in [2.05, 4.69) is 308 Å². The molecule has 0 amide bonds. The highest BCUT2D eigenvalue weighted by atomic mass is 31.2. The Bertz CT molecular complexity index is 3630. The van der Waals surface area contributed by atoms with Gasteiger partial charge in [-0.15, -0.1) is 0 Å². The molecule has 0 fully saturated rings. The number of hydrogen-bond donors (Lipinski definition) is 0. The van der Waals surface area contributed by atoms with Crippen molar-refractivity contribution in [3.05, 3.63) is 290 Å². The molecule has 0 spiro atoms. The standard InChI is InChI=1S/C69H54N3OP/c1-49-25-34-58(35-26-49)70(64-40-31-52-13-4-7-16-55(52)43-64)61-19-10-22-67(46-61)74(73,68-23-11-20-62(47-68)71(59-36-27-50(2)28-37-59)65-41-32-53-14-5-8-17-56(53)44-65)69-24-12-21-63(48-69)72(60-38-29-51(3)30-39-60)66-42-33-54-15-6-9-18-57(54)45-66/h4-48H,1-3H3. The van der Waals surface area contributed by atoms with Crippen molar-refractivity contribution in [2.45, 2.75) is 20.8 Å². The Kier molecular flexibility index (Phi) is 12.2. The predicted molar refractivity (Wildman–Crippen MR) is 317 cm³/mol. The summed E-state index contributed by atoms with van der Waals surface area (Å²) in [6, 6.07) is 96.4. The third-order valence-corrected chi connectivity index (χ3v) is 17.2. The summed E-state index contributed by atoms with van der Waals surface area (Å²) in [5.41, 5.74) is 12.3. The summed E-state index contributed by atoms with van der Waals surface area (Å²) in [5.74, 6) is 0. The average molecular weight is 972 g/mol. The fourth-order valence-corrected chi connectivity index (χ4v) is 13.0. The van der Waals surface area contributed by atoms with Gasteiger partial charge >= 0.3 is 0 Å². The first kappa shape index (κ1) is 46.1. The second-order valence-electron chi connectivity index (χ2n) is 19.3. The van der Waals surface area contributed by atoms with E-state index in [9.17, 15) is 0 Å². The summed E-state index contributed by atoms with van der Waals surface area (Å²) in [6.07, 6.45) is 0. The number of nitrogens with zero attached hydrogens (tertiary/aromatic N) is 3. The Balaban J connectivity index is 1.08. The van der Waals surface area contributed by atoms with Gasteiger partial charge in [0.15, 0.2) is 7.14 Å². The summed E-state index contributed by atoms with van der Waals surface area (Å²) >= 11 is 0. The van der Waals surface area contributed by atoms with E-state index in [1.54, 1.807) is 0 Å². The van der Waals surface area contributed by atoms with Crippen molar-refractivity contribution in [2.24, 2.45) is 0 Å². The van der Waals surface area contributed by atoms with Crippen LogP contribution in [-0.4, -0.2) is 0 Å². The van der Waals surface area contributed by atoms with Crippen LogP contribution in [0.25, 0.3) is 32.3 Å². The molecular formula is C69H54N3OP. The molecule has 0 unspecified atom stereocenters. The highest BCUT2D eigenvalue weighted by Gasteiger charge is 2.33. The lowest BCUT2D eigenvalue weighted by Crippen LogP contribution is -2.27. The second-order valence-corrected chi connectivity index (χ2v) is 22.0. The lowest BCUT2D eigenvalue weighted by Gasteiger charge is -2.30. The van der Waals surface area contributed by atoms with Gasteiger partial charge in [-0.2, -0.15) is 0 Å². The summed E-state index contributed by atoms with van der Waals surface area (Å²) in [7, 11) is -3.75. The molecular weight excluding hydrogens is 918 g/mol. The predicted octanol–water partition coefficient (Wildman–Crippen LogP) is 18.1. The van der Waals surface area contributed by atoms with E-state index >= 15 is 4.57 Å². The molecule has 0 saturated carbocycles. The van der Waals surface area contributed by atoms with Crippen LogP contribution in [0.4, 0.5) is 51.2 Å². The van der Waals surface area contributed by atoms with Gasteiger partial charge in [0.2, 0.25) is 0 Å². The quantitative estimate of drug-likeness (QED) is 0.114. The Hall–Kier alpha value is -8.95. The molecule has 0 heterocycles. The van der Waals surface area contributed by atoms with E-state index in [1.807, 2.05) is 0 Å². The van der Waals surface area contributed by atoms with Gasteiger partial charge < -0.3 is 19.3 Å². The largest absolute Gasteiger partial charge is 0.310 e. The molecule has 0 aliphatic heterocycles. The van der Waals surface area contributed by atoms with Gasteiger partial charge in [-0.3, -0.25) is 0 Å². The Morgan fingerprint density at radius 3 is 0.757 bits per heavy atom. The highest BCUT2D eigenvalue weighted by molar-refractivity contribution is 7.85. The van der Waals surface area contributed by atoms with Crippen molar-refractivity contribution in [1.82, 2.24) is 0 Å². The van der Waals surface area contributed by atoms with Crippen molar-refractivity contribution in [3.63, 3.8) is 0 Å². The van der Waals surface area contributed by atoms with E-state index in [4.69, 9.17) is 0 Å². The van der Waals surface area contributed by atoms with Gasteiger partial charge in [0, 0.05) is 67.1 Å². The van der Waals surface area contributed by atoms with Gasteiger partial charge in [0.05, 0.1) is 0 Å². The third-order valence-electron chi connectivity index (χ3n) is 14.2. The van der Waals surface area contributed by atoms with E-state index in [0.717, 1.165) is 83.3 Å². The molecule has 12 rings (SSSR count). The summed E-state index contributed by atoms with van der Waals surface area (Å²) in [4.78, 5) is 6.85. The molecule has 0 aliphatic carbocycles. The number of benzene rings is 12. The lowest BCUT2D eigenvalue weighted by molar-refractivity contribution is 0.592. The molecule has 5 heteroatoms.